The third kappa shape index (κ3) is 3.78. The monoisotopic (exact) mass is 260 g/mol. The summed E-state index contributed by atoms with van der Waals surface area (Å²) in [6.45, 7) is 2.76. The topological polar surface area (TPSA) is 35.8 Å². The SMILES string of the molecule is C[C@H](NCc1cc(F)ccc1C#N)C1CCCCC1. The Morgan fingerprint density at radius 3 is 2.79 bits per heavy atom. The third-order valence-electron chi connectivity index (χ3n) is 4.16. The van der Waals surface area contributed by atoms with E-state index in [1.807, 2.05) is 0 Å². The molecule has 1 aromatic carbocycles. The first-order valence-electron chi connectivity index (χ1n) is 7.12. The van der Waals surface area contributed by atoms with Gasteiger partial charge in [0.2, 0.25) is 0 Å². The minimum absolute atomic E-state index is 0.277. The Balaban J connectivity index is 1.94. The number of rotatable bonds is 4. The van der Waals surface area contributed by atoms with E-state index in [1.54, 1.807) is 6.07 Å². The van der Waals surface area contributed by atoms with Gasteiger partial charge in [-0.2, -0.15) is 5.26 Å². The van der Waals surface area contributed by atoms with E-state index >= 15 is 0 Å². The molecule has 1 atom stereocenters. The summed E-state index contributed by atoms with van der Waals surface area (Å²) in [7, 11) is 0. The highest BCUT2D eigenvalue weighted by Gasteiger charge is 2.19. The van der Waals surface area contributed by atoms with Gasteiger partial charge in [-0.05, 0) is 49.4 Å². The zero-order valence-corrected chi connectivity index (χ0v) is 11.5. The van der Waals surface area contributed by atoms with Crippen molar-refractivity contribution >= 4 is 0 Å². The van der Waals surface area contributed by atoms with Crippen LogP contribution in [0.3, 0.4) is 0 Å². The maximum atomic E-state index is 13.2. The molecule has 1 N–H and O–H groups in total. The first-order chi connectivity index (χ1) is 9.20. The normalized spacial score (nSPS) is 17.9. The molecule has 1 aliphatic rings. The lowest BCUT2D eigenvalue weighted by molar-refractivity contribution is 0.280. The van der Waals surface area contributed by atoms with Crippen LogP contribution >= 0.6 is 0 Å². The van der Waals surface area contributed by atoms with Gasteiger partial charge in [0.05, 0.1) is 11.6 Å². The van der Waals surface area contributed by atoms with Crippen LogP contribution in [0.25, 0.3) is 0 Å². The molecule has 0 aliphatic heterocycles. The Kier molecular flexibility index (Phi) is 4.93. The van der Waals surface area contributed by atoms with Gasteiger partial charge in [0.1, 0.15) is 5.82 Å². The molecule has 1 saturated carbocycles. The summed E-state index contributed by atoms with van der Waals surface area (Å²) in [4.78, 5) is 0. The fourth-order valence-electron chi connectivity index (χ4n) is 2.89. The van der Waals surface area contributed by atoms with Crippen LogP contribution in [0, 0.1) is 23.1 Å². The van der Waals surface area contributed by atoms with Crippen molar-refractivity contribution in [2.75, 3.05) is 0 Å². The predicted octanol–water partition coefficient (Wildman–Crippen LogP) is 3.76. The highest BCUT2D eigenvalue weighted by atomic mass is 19.1. The molecular formula is C16H21FN2. The Labute approximate surface area is 114 Å². The lowest BCUT2D eigenvalue weighted by atomic mass is 9.84. The van der Waals surface area contributed by atoms with E-state index in [2.05, 4.69) is 18.3 Å². The molecule has 0 bridgehead atoms. The molecule has 0 amide bonds. The van der Waals surface area contributed by atoms with Crippen molar-refractivity contribution in [3.8, 4) is 6.07 Å². The maximum Gasteiger partial charge on any atom is 0.123 e. The average Bonchev–Trinajstić information content (AvgIpc) is 2.46. The molecule has 0 heterocycles. The minimum Gasteiger partial charge on any atom is -0.310 e. The van der Waals surface area contributed by atoms with E-state index in [-0.39, 0.29) is 5.82 Å². The summed E-state index contributed by atoms with van der Waals surface area (Å²) in [5.74, 6) is 0.439. The van der Waals surface area contributed by atoms with Crippen molar-refractivity contribution in [2.45, 2.75) is 51.6 Å². The van der Waals surface area contributed by atoms with E-state index in [4.69, 9.17) is 5.26 Å². The molecule has 0 radical (unpaired) electrons. The zero-order chi connectivity index (χ0) is 13.7. The van der Waals surface area contributed by atoms with Gasteiger partial charge in [-0.25, -0.2) is 4.39 Å². The number of nitriles is 1. The fourth-order valence-corrected chi connectivity index (χ4v) is 2.89. The molecule has 3 heteroatoms. The molecule has 0 spiro atoms. The van der Waals surface area contributed by atoms with Crippen molar-refractivity contribution in [1.82, 2.24) is 5.32 Å². The minimum atomic E-state index is -0.277. The molecule has 2 nitrogen and oxygen atoms in total. The highest BCUT2D eigenvalue weighted by Crippen LogP contribution is 2.26. The van der Waals surface area contributed by atoms with Crippen molar-refractivity contribution in [2.24, 2.45) is 5.92 Å². The number of nitrogens with zero attached hydrogens (tertiary/aromatic N) is 1. The Morgan fingerprint density at radius 2 is 2.11 bits per heavy atom. The summed E-state index contributed by atoms with van der Waals surface area (Å²) < 4.78 is 13.2. The van der Waals surface area contributed by atoms with E-state index in [1.165, 1.54) is 44.2 Å². The molecule has 0 aromatic heterocycles. The van der Waals surface area contributed by atoms with E-state index in [0.717, 1.165) is 5.56 Å². The molecule has 1 aromatic rings. The fraction of sp³-hybridized carbons (Fsp3) is 0.562. The highest BCUT2D eigenvalue weighted by molar-refractivity contribution is 5.37. The van der Waals surface area contributed by atoms with Crippen molar-refractivity contribution in [3.63, 3.8) is 0 Å². The van der Waals surface area contributed by atoms with E-state index in [0.29, 0.717) is 24.1 Å². The largest absolute Gasteiger partial charge is 0.310 e. The van der Waals surface area contributed by atoms with Crippen molar-refractivity contribution in [3.05, 3.63) is 35.1 Å². The van der Waals surface area contributed by atoms with E-state index in [9.17, 15) is 4.39 Å². The molecule has 102 valence electrons. The number of benzene rings is 1. The van der Waals surface area contributed by atoms with Gasteiger partial charge in [-0.1, -0.05) is 19.3 Å². The predicted molar refractivity (Wildman–Crippen MR) is 74.0 cm³/mol. The van der Waals surface area contributed by atoms with Gasteiger partial charge in [0.25, 0.3) is 0 Å². The lowest BCUT2D eigenvalue weighted by Crippen LogP contribution is -2.34. The van der Waals surface area contributed by atoms with Crippen LogP contribution in [-0.2, 0) is 6.54 Å². The molecule has 1 fully saturated rings. The summed E-state index contributed by atoms with van der Waals surface area (Å²) in [6.07, 6.45) is 6.55. The molecule has 2 rings (SSSR count). The first-order valence-corrected chi connectivity index (χ1v) is 7.12. The quantitative estimate of drug-likeness (QED) is 0.894. The van der Waals surface area contributed by atoms with Crippen molar-refractivity contribution < 1.29 is 4.39 Å². The van der Waals surface area contributed by atoms with Crippen LogP contribution in [0.15, 0.2) is 18.2 Å². The first kappa shape index (κ1) is 14.0. The Morgan fingerprint density at radius 1 is 1.37 bits per heavy atom. The van der Waals surface area contributed by atoms with Crippen LogP contribution in [0.5, 0.6) is 0 Å². The number of halogens is 1. The van der Waals surface area contributed by atoms with Crippen LogP contribution < -0.4 is 5.32 Å². The van der Waals surface area contributed by atoms with Crippen molar-refractivity contribution in [1.29, 1.82) is 5.26 Å². The zero-order valence-electron chi connectivity index (χ0n) is 11.5. The lowest BCUT2D eigenvalue weighted by Gasteiger charge is -2.28. The van der Waals surface area contributed by atoms with Crippen LogP contribution in [0.1, 0.15) is 50.2 Å². The molecule has 0 unspecified atom stereocenters. The second-order valence-corrected chi connectivity index (χ2v) is 5.48. The van der Waals surface area contributed by atoms with Crippen LogP contribution in [-0.4, -0.2) is 6.04 Å². The maximum absolute atomic E-state index is 13.2. The van der Waals surface area contributed by atoms with Gasteiger partial charge in [0.15, 0.2) is 0 Å². The number of nitrogens with one attached hydrogen (secondary N) is 1. The van der Waals surface area contributed by atoms with E-state index < -0.39 is 0 Å². The van der Waals surface area contributed by atoms with Gasteiger partial charge in [-0.3, -0.25) is 0 Å². The smallest absolute Gasteiger partial charge is 0.123 e. The Hall–Kier alpha value is -1.40. The molecule has 19 heavy (non-hydrogen) atoms. The van der Waals surface area contributed by atoms with Crippen LogP contribution in [0.2, 0.25) is 0 Å². The molecular weight excluding hydrogens is 239 g/mol. The number of hydrogen-bond acceptors (Lipinski definition) is 2. The molecule has 0 saturated heterocycles. The summed E-state index contributed by atoms with van der Waals surface area (Å²) in [5.41, 5.74) is 1.31. The van der Waals surface area contributed by atoms with Gasteiger partial charge in [-0.15, -0.1) is 0 Å². The summed E-state index contributed by atoms with van der Waals surface area (Å²) in [5, 5.41) is 12.5. The third-order valence-corrected chi connectivity index (χ3v) is 4.16. The second-order valence-electron chi connectivity index (χ2n) is 5.48. The average molecular weight is 260 g/mol. The standard InChI is InChI=1S/C16H21FN2/c1-12(13-5-3-2-4-6-13)19-11-15-9-16(17)8-7-14(15)10-18/h7-9,12-13,19H,2-6,11H2,1H3/t12-/m0/s1. The second kappa shape index (κ2) is 6.68. The number of hydrogen-bond donors (Lipinski definition) is 1. The summed E-state index contributed by atoms with van der Waals surface area (Å²) in [6, 6.07) is 6.90. The molecule has 1 aliphatic carbocycles. The van der Waals surface area contributed by atoms with Gasteiger partial charge in [0, 0.05) is 12.6 Å². The Bertz CT molecular complexity index is 458. The summed E-state index contributed by atoms with van der Waals surface area (Å²) >= 11 is 0. The van der Waals surface area contributed by atoms with Gasteiger partial charge >= 0.3 is 0 Å². The van der Waals surface area contributed by atoms with Gasteiger partial charge < -0.3 is 5.32 Å². The van der Waals surface area contributed by atoms with Crippen LogP contribution in [0.4, 0.5) is 4.39 Å².